The SMILES string of the molecule is CC/C=C\C/C=C\C/C=C\C/C=C\C/C=C\CCCCCCCCCCCC(=O)OCC(COC(=O)CCCCCCCCCCCCCCCCCCCC)OC(=O)CCCCCCCCCCC/C=C\CCCCCCCC. The summed E-state index contributed by atoms with van der Waals surface area (Å²) in [6, 6.07) is 0. The molecule has 0 fully saturated rings. The number of carbonyl (C=O) groups excluding carboxylic acids is 3. The zero-order valence-corrected chi connectivity index (χ0v) is 53.3. The van der Waals surface area contributed by atoms with E-state index < -0.39 is 6.10 Å². The van der Waals surface area contributed by atoms with Gasteiger partial charge in [-0.1, -0.05) is 325 Å². The minimum Gasteiger partial charge on any atom is -0.462 e. The molecule has 464 valence electrons. The summed E-state index contributed by atoms with van der Waals surface area (Å²) in [5, 5.41) is 0. The van der Waals surface area contributed by atoms with Crippen molar-refractivity contribution in [1.82, 2.24) is 0 Å². The molecular formula is C74H132O6. The second-order valence-electron chi connectivity index (χ2n) is 23.4. The summed E-state index contributed by atoms with van der Waals surface area (Å²) in [4.78, 5) is 38.5. The maximum absolute atomic E-state index is 13.0. The maximum atomic E-state index is 13.0. The van der Waals surface area contributed by atoms with Crippen LogP contribution in [0.4, 0.5) is 0 Å². The van der Waals surface area contributed by atoms with Gasteiger partial charge in [-0.2, -0.15) is 0 Å². The van der Waals surface area contributed by atoms with Gasteiger partial charge in [0.25, 0.3) is 0 Å². The van der Waals surface area contributed by atoms with Crippen LogP contribution < -0.4 is 0 Å². The maximum Gasteiger partial charge on any atom is 0.306 e. The lowest BCUT2D eigenvalue weighted by Crippen LogP contribution is -2.30. The van der Waals surface area contributed by atoms with E-state index in [2.05, 4.69) is 93.7 Å². The first-order valence-corrected chi connectivity index (χ1v) is 34.9. The van der Waals surface area contributed by atoms with Crippen molar-refractivity contribution in [3.05, 3.63) is 72.9 Å². The van der Waals surface area contributed by atoms with E-state index in [-0.39, 0.29) is 31.1 Å². The number of hydrogen-bond donors (Lipinski definition) is 0. The van der Waals surface area contributed by atoms with Gasteiger partial charge in [-0.25, -0.2) is 0 Å². The van der Waals surface area contributed by atoms with Crippen LogP contribution >= 0.6 is 0 Å². The molecule has 0 N–H and O–H groups in total. The number of allylic oxidation sites excluding steroid dienone is 12. The minimum atomic E-state index is -0.779. The van der Waals surface area contributed by atoms with Gasteiger partial charge in [0.2, 0.25) is 0 Å². The molecule has 1 unspecified atom stereocenters. The first-order valence-electron chi connectivity index (χ1n) is 34.9. The molecule has 0 saturated carbocycles. The van der Waals surface area contributed by atoms with Crippen LogP contribution in [0, 0.1) is 0 Å². The Hall–Kier alpha value is -3.15. The zero-order valence-electron chi connectivity index (χ0n) is 53.3. The Morgan fingerprint density at radius 3 is 0.775 bits per heavy atom. The summed E-state index contributed by atoms with van der Waals surface area (Å²) in [7, 11) is 0. The number of hydrogen-bond acceptors (Lipinski definition) is 6. The summed E-state index contributed by atoms with van der Waals surface area (Å²) < 4.78 is 17.0. The molecule has 0 aromatic carbocycles. The Kier molecular flexibility index (Phi) is 65.7. The van der Waals surface area contributed by atoms with E-state index >= 15 is 0 Å². The van der Waals surface area contributed by atoms with Gasteiger partial charge in [0, 0.05) is 19.3 Å². The quantitative estimate of drug-likeness (QED) is 0.0261. The second kappa shape index (κ2) is 68.3. The molecule has 0 bridgehead atoms. The molecule has 0 spiro atoms. The van der Waals surface area contributed by atoms with Gasteiger partial charge in [-0.05, 0) is 89.9 Å². The fourth-order valence-corrected chi connectivity index (χ4v) is 10.2. The highest BCUT2D eigenvalue weighted by Crippen LogP contribution is 2.18. The largest absolute Gasteiger partial charge is 0.462 e. The summed E-state index contributed by atoms with van der Waals surface area (Å²) in [6.07, 6.45) is 89.1. The average Bonchev–Trinajstić information content (AvgIpc) is 3.46. The lowest BCUT2D eigenvalue weighted by molar-refractivity contribution is -0.167. The predicted octanol–water partition coefficient (Wildman–Crippen LogP) is 24.1. The summed E-state index contributed by atoms with van der Waals surface area (Å²) >= 11 is 0. The molecule has 0 aromatic heterocycles. The summed E-state index contributed by atoms with van der Waals surface area (Å²) in [5.74, 6) is -0.859. The molecule has 0 rings (SSSR count). The molecule has 0 saturated heterocycles. The fraction of sp³-hybridized carbons (Fsp3) is 0.797. The van der Waals surface area contributed by atoms with E-state index in [0.29, 0.717) is 19.3 Å². The van der Waals surface area contributed by atoms with Crippen molar-refractivity contribution in [2.24, 2.45) is 0 Å². The summed E-state index contributed by atoms with van der Waals surface area (Å²) in [6.45, 7) is 6.58. The third kappa shape index (κ3) is 65.7. The molecule has 0 aliphatic heterocycles. The van der Waals surface area contributed by atoms with Crippen LogP contribution in [0.15, 0.2) is 72.9 Å². The van der Waals surface area contributed by atoms with E-state index in [1.165, 1.54) is 225 Å². The van der Waals surface area contributed by atoms with Crippen molar-refractivity contribution < 1.29 is 28.6 Å². The van der Waals surface area contributed by atoms with E-state index in [1.807, 2.05) is 0 Å². The number of carbonyl (C=O) groups is 3. The molecule has 0 heterocycles. The highest BCUT2D eigenvalue weighted by atomic mass is 16.6. The Labute approximate surface area is 497 Å². The van der Waals surface area contributed by atoms with Crippen LogP contribution in [-0.4, -0.2) is 37.2 Å². The second-order valence-corrected chi connectivity index (χ2v) is 23.4. The van der Waals surface area contributed by atoms with Crippen molar-refractivity contribution in [2.45, 2.75) is 367 Å². The molecule has 6 nitrogen and oxygen atoms in total. The van der Waals surface area contributed by atoms with Crippen molar-refractivity contribution in [3.8, 4) is 0 Å². The minimum absolute atomic E-state index is 0.0736. The predicted molar refractivity (Wildman–Crippen MR) is 348 cm³/mol. The first kappa shape index (κ1) is 76.9. The van der Waals surface area contributed by atoms with E-state index in [9.17, 15) is 14.4 Å². The van der Waals surface area contributed by atoms with Gasteiger partial charge in [0.1, 0.15) is 13.2 Å². The highest BCUT2D eigenvalue weighted by Gasteiger charge is 2.19. The molecular weight excluding hydrogens is 985 g/mol. The van der Waals surface area contributed by atoms with Gasteiger partial charge in [-0.3, -0.25) is 14.4 Å². The van der Waals surface area contributed by atoms with E-state index in [4.69, 9.17) is 14.2 Å². The lowest BCUT2D eigenvalue weighted by atomic mass is 10.0. The van der Waals surface area contributed by atoms with Crippen LogP contribution in [0.2, 0.25) is 0 Å². The third-order valence-electron chi connectivity index (χ3n) is 15.4. The normalized spacial score (nSPS) is 12.5. The topological polar surface area (TPSA) is 78.9 Å². The van der Waals surface area contributed by atoms with Gasteiger partial charge < -0.3 is 14.2 Å². The standard InChI is InChI=1S/C74H132O6/c1-4-7-10-13-16-19-22-25-28-31-34-35-36-37-38-39-41-43-46-49-52-55-58-61-64-67-73(76)79-70-71(69-78-72(75)66-63-60-57-54-51-48-45-42-33-30-27-24-21-18-15-12-9-6-3)80-74(77)68-65-62-59-56-53-50-47-44-40-32-29-26-23-20-17-14-11-8-5-2/h7,10,16,19,25-26,28-29,34-35,37-38,71H,4-6,8-9,11-15,17-18,20-24,27,30-33,36,39-70H2,1-3H3/b10-7-,19-16-,28-25-,29-26-,35-34-,38-37-. The smallest absolute Gasteiger partial charge is 0.306 e. The van der Waals surface area contributed by atoms with E-state index in [1.54, 1.807) is 0 Å². The monoisotopic (exact) mass is 1120 g/mol. The molecule has 0 aliphatic carbocycles. The average molecular weight is 1120 g/mol. The van der Waals surface area contributed by atoms with Crippen LogP contribution in [0.3, 0.4) is 0 Å². The van der Waals surface area contributed by atoms with Crippen LogP contribution in [0.1, 0.15) is 361 Å². The zero-order chi connectivity index (χ0) is 57.8. The fourth-order valence-electron chi connectivity index (χ4n) is 10.2. The molecule has 0 aliphatic rings. The molecule has 6 heteroatoms. The first-order chi connectivity index (χ1) is 39.5. The molecule has 1 atom stereocenters. The highest BCUT2D eigenvalue weighted by molar-refractivity contribution is 5.71. The number of unbranched alkanes of at least 4 members (excludes halogenated alkanes) is 41. The Bertz CT molecular complexity index is 1470. The van der Waals surface area contributed by atoms with Crippen molar-refractivity contribution in [3.63, 3.8) is 0 Å². The number of esters is 3. The molecule has 0 radical (unpaired) electrons. The van der Waals surface area contributed by atoms with Gasteiger partial charge in [-0.15, -0.1) is 0 Å². The van der Waals surface area contributed by atoms with E-state index in [0.717, 1.165) is 96.3 Å². The van der Waals surface area contributed by atoms with Crippen molar-refractivity contribution in [1.29, 1.82) is 0 Å². The van der Waals surface area contributed by atoms with Crippen LogP contribution in [0.25, 0.3) is 0 Å². The van der Waals surface area contributed by atoms with Crippen LogP contribution in [0.5, 0.6) is 0 Å². The van der Waals surface area contributed by atoms with Crippen molar-refractivity contribution >= 4 is 17.9 Å². The number of rotatable bonds is 64. The lowest BCUT2D eigenvalue weighted by Gasteiger charge is -2.18. The number of ether oxygens (including phenoxy) is 3. The van der Waals surface area contributed by atoms with Crippen molar-refractivity contribution in [2.75, 3.05) is 13.2 Å². The van der Waals surface area contributed by atoms with Crippen LogP contribution in [-0.2, 0) is 28.6 Å². The molecule has 80 heavy (non-hydrogen) atoms. The van der Waals surface area contributed by atoms with Gasteiger partial charge >= 0.3 is 17.9 Å². The Balaban J connectivity index is 4.34. The third-order valence-corrected chi connectivity index (χ3v) is 15.4. The Morgan fingerprint density at radius 1 is 0.263 bits per heavy atom. The van der Waals surface area contributed by atoms with Gasteiger partial charge in [0.15, 0.2) is 6.10 Å². The Morgan fingerprint density at radius 2 is 0.487 bits per heavy atom. The molecule has 0 amide bonds. The molecule has 0 aromatic rings. The summed E-state index contributed by atoms with van der Waals surface area (Å²) in [5.41, 5.74) is 0. The van der Waals surface area contributed by atoms with Gasteiger partial charge in [0.05, 0.1) is 0 Å².